The predicted molar refractivity (Wildman–Crippen MR) is 116 cm³/mol. The van der Waals surface area contributed by atoms with Gasteiger partial charge in [-0.05, 0) is 44.1 Å². The molecule has 1 aromatic rings. The van der Waals surface area contributed by atoms with Gasteiger partial charge in [-0.15, -0.1) is 11.8 Å². The third kappa shape index (κ3) is 4.92. The lowest BCUT2D eigenvalue weighted by Crippen LogP contribution is -2.69. The molecule has 1 saturated heterocycles. The van der Waals surface area contributed by atoms with E-state index in [1.54, 1.807) is 0 Å². The molecule has 1 aliphatic heterocycles. The maximum atomic E-state index is 13.0. The zero-order chi connectivity index (χ0) is 22.1. The Labute approximate surface area is 178 Å². The second-order valence-electron chi connectivity index (χ2n) is 9.03. The zero-order valence-electron chi connectivity index (χ0n) is 18.1. The van der Waals surface area contributed by atoms with Gasteiger partial charge in [0.1, 0.15) is 0 Å². The van der Waals surface area contributed by atoms with Gasteiger partial charge in [-0.3, -0.25) is 9.59 Å². The van der Waals surface area contributed by atoms with E-state index < -0.39 is 37.4 Å². The molecule has 6 nitrogen and oxygen atoms in total. The fraction of sp³-hybridized carbons (Fsp3) is 0.571. The van der Waals surface area contributed by atoms with E-state index in [0.29, 0.717) is 0 Å². The Morgan fingerprint density at radius 3 is 2.21 bits per heavy atom. The first kappa shape index (κ1) is 23.6. The van der Waals surface area contributed by atoms with Crippen LogP contribution in [0.3, 0.4) is 0 Å². The maximum absolute atomic E-state index is 13.0. The van der Waals surface area contributed by atoms with Crippen molar-refractivity contribution in [2.24, 2.45) is 5.92 Å². The lowest BCUT2D eigenvalue weighted by atomic mass is 9.90. The number of hydrogen-bond donors (Lipinski definition) is 1. The summed E-state index contributed by atoms with van der Waals surface area (Å²) in [7, 11) is -2.12. The number of aliphatic carboxylic acids is 1. The summed E-state index contributed by atoms with van der Waals surface area (Å²) >= 11 is 1.40. The molecule has 1 aliphatic rings. The fourth-order valence-electron chi connectivity index (χ4n) is 3.19. The molecule has 1 amide bonds. The third-order valence-corrected chi connectivity index (χ3v) is 11.7. The highest BCUT2D eigenvalue weighted by molar-refractivity contribution is 8.00. The molecule has 160 valence electrons. The quantitative estimate of drug-likeness (QED) is 0.376. The molecule has 1 fully saturated rings. The number of nitrogens with zero attached hydrogens (tertiary/aromatic N) is 1. The van der Waals surface area contributed by atoms with E-state index in [2.05, 4.69) is 33.9 Å². The van der Waals surface area contributed by atoms with Crippen LogP contribution in [-0.4, -0.2) is 53.5 Å². The molecule has 0 spiro atoms. The molecule has 2 rings (SSSR count). The lowest BCUT2D eigenvalue weighted by Gasteiger charge is -2.52. The van der Waals surface area contributed by atoms with Gasteiger partial charge >= 0.3 is 5.97 Å². The van der Waals surface area contributed by atoms with Crippen molar-refractivity contribution in [3.05, 3.63) is 30.3 Å². The average molecular weight is 438 g/mol. The first-order chi connectivity index (χ1) is 13.3. The van der Waals surface area contributed by atoms with Crippen LogP contribution in [0.5, 0.6) is 0 Å². The Bertz CT molecular complexity index is 763. The monoisotopic (exact) mass is 437 g/mol. The number of rotatable bonds is 8. The average Bonchev–Trinajstić information content (AvgIpc) is 2.57. The molecular weight excluding hydrogens is 406 g/mol. The first-order valence-electron chi connectivity index (χ1n) is 9.73. The molecular formula is C21H31NO5SSi. The largest absolute Gasteiger partial charge is 0.479 e. The molecule has 0 radical (unpaired) electrons. The van der Waals surface area contributed by atoms with Crippen LogP contribution in [0, 0.1) is 5.92 Å². The minimum absolute atomic E-state index is 0.0151. The van der Waals surface area contributed by atoms with Crippen LogP contribution < -0.4 is 0 Å². The number of ketones is 1. The van der Waals surface area contributed by atoms with E-state index in [4.69, 9.17) is 4.43 Å². The van der Waals surface area contributed by atoms with Gasteiger partial charge in [0.05, 0.1) is 17.4 Å². The zero-order valence-corrected chi connectivity index (χ0v) is 19.9. The molecule has 0 aromatic heterocycles. The second-order valence-corrected chi connectivity index (χ2v) is 15.0. The number of carbonyl (C=O) groups is 3. The summed E-state index contributed by atoms with van der Waals surface area (Å²) in [5, 5.41) is 9.06. The second kappa shape index (κ2) is 8.61. The Hall–Kier alpha value is -1.64. The number of likely N-dealkylation sites (tertiary alicyclic amines) is 1. The number of carboxylic acids is 1. The van der Waals surface area contributed by atoms with Gasteiger partial charge in [-0.25, -0.2) is 4.79 Å². The van der Waals surface area contributed by atoms with E-state index in [9.17, 15) is 19.5 Å². The number of benzene rings is 1. The third-order valence-electron chi connectivity index (χ3n) is 5.81. The first-order valence-corrected chi connectivity index (χ1v) is 13.5. The highest BCUT2D eigenvalue weighted by Crippen LogP contribution is 2.45. The smallest absolute Gasteiger partial charge is 0.334 e. The summed E-state index contributed by atoms with van der Waals surface area (Å²) in [6.07, 6.45) is -0.373. The number of β-lactam (4-membered cyclic amide) rings is 1. The standard InChI is InChI=1S/C21H31NO5SSi/c1-13(23)17(20(25)26)22-18(24)16(14(2)27-29(6,7)21(3,4)5)19(22)28-15-11-9-8-10-12-15/h8-12,14,16-17,19H,1-7H3,(H,25,26)/t14-,16+,17?,19-/m1/s1. The van der Waals surface area contributed by atoms with E-state index in [0.717, 1.165) is 4.90 Å². The van der Waals surface area contributed by atoms with Crippen molar-refractivity contribution < 1.29 is 23.9 Å². The Morgan fingerprint density at radius 1 is 1.21 bits per heavy atom. The molecule has 1 unspecified atom stereocenters. The van der Waals surface area contributed by atoms with Crippen molar-refractivity contribution in [3.63, 3.8) is 0 Å². The van der Waals surface area contributed by atoms with Crippen molar-refractivity contribution in [1.82, 2.24) is 4.90 Å². The van der Waals surface area contributed by atoms with Gasteiger partial charge in [-0.1, -0.05) is 39.0 Å². The molecule has 29 heavy (non-hydrogen) atoms. The van der Waals surface area contributed by atoms with E-state index in [-0.39, 0.29) is 17.0 Å². The maximum Gasteiger partial charge on any atom is 0.334 e. The topological polar surface area (TPSA) is 83.9 Å². The normalized spacial score (nSPS) is 22.0. The summed E-state index contributed by atoms with van der Waals surface area (Å²) in [5.41, 5.74) is 0. The number of amides is 1. The minimum Gasteiger partial charge on any atom is -0.479 e. The van der Waals surface area contributed by atoms with Gasteiger partial charge in [-0.2, -0.15) is 0 Å². The van der Waals surface area contributed by atoms with E-state index in [1.807, 2.05) is 37.3 Å². The summed E-state index contributed by atoms with van der Waals surface area (Å²) in [5.74, 6) is -2.70. The van der Waals surface area contributed by atoms with E-state index in [1.165, 1.54) is 23.6 Å². The summed E-state index contributed by atoms with van der Waals surface area (Å²) in [6.45, 7) is 13.7. The lowest BCUT2D eigenvalue weighted by molar-refractivity contribution is -0.171. The Kier molecular flexibility index (Phi) is 7.02. The number of carbonyl (C=O) groups excluding carboxylic acids is 2. The van der Waals surface area contributed by atoms with Crippen LogP contribution in [0.15, 0.2) is 35.2 Å². The highest BCUT2D eigenvalue weighted by atomic mass is 32.2. The molecule has 0 aliphatic carbocycles. The fourth-order valence-corrected chi connectivity index (χ4v) is 6.04. The van der Waals surface area contributed by atoms with Crippen molar-refractivity contribution in [2.75, 3.05) is 0 Å². The molecule has 0 bridgehead atoms. The van der Waals surface area contributed by atoms with Gasteiger partial charge in [0.25, 0.3) is 0 Å². The van der Waals surface area contributed by atoms with Crippen LogP contribution in [0.25, 0.3) is 0 Å². The van der Waals surface area contributed by atoms with Crippen molar-refractivity contribution >= 4 is 37.7 Å². The summed E-state index contributed by atoms with van der Waals surface area (Å²) in [4.78, 5) is 38.8. The SMILES string of the molecule is CC(=O)C(C(=O)O)N1C(=O)[C@H]([C@@H](C)O[Si](C)(C)C(C)(C)C)[C@H]1Sc1ccccc1. The number of hydrogen-bond acceptors (Lipinski definition) is 5. The van der Waals surface area contributed by atoms with Gasteiger partial charge in [0.2, 0.25) is 5.91 Å². The predicted octanol–water partition coefficient (Wildman–Crippen LogP) is 4.02. The van der Waals surface area contributed by atoms with Crippen molar-refractivity contribution in [3.8, 4) is 0 Å². The van der Waals surface area contributed by atoms with Crippen LogP contribution in [0.1, 0.15) is 34.6 Å². The number of carboxylic acid groups (broad SMARTS) is 1. The van der Waals surface area contributed by atoms with Crippen LogP contribution >= 0.6 is 11.8 Å². The van der Waals surface area contributed by atoms with Gasteiger partial charge in [0.15, 0.2) is 20.1 Å². The van der Waals surface area contributed by atoms with Crippen LogP contribution in [-0.2, 0) is 18.8 Å². The van der Waals surface area contributed by atoms with Crippen molar-refractivity contribution in [2.45, 2.75) is 75.2 Å². The van der Waals surface area contributed by atoms with Gasteiger partial charge in [0, 0.05) is 4.90 Å². The Balaban J connectivity index is 2.34. The molecule has 8 heteroatoms. The number of thioether (sulfide) groups is 1. The Morgan fingerprint density at radius 2 is 1.76 bits per heavy atom. The van der Waals surface area contributed by atoms with Crippen LogP contribution in [0.4, 0.5) is 0 Å². The van der Waals surface area contributed by atoms with Crippen molar-refractivity contribution in [1.29, 1.82) is 0 Å². The number of Topliss-reactive ketones (excluding diaryl/α,β-unsaturated/α-hetero) is 1. The van der Waals surface area contributed by atoms with Gasteiger partial charge < -0.3 is 14.4 Å². The minimum atomic E-state index is -2.12. The van der Waals surface area contributed by atoms with Crippen LogP contribution in [0.2, 0.25) is 18.1 Å². The molecule has 0 saturated carbocycles. The molecule has 1 aromatic carbocycles. The molecule has 4 atom stereocenters. The molecule has 1 heterocycles. The summed E-state index contributed by atoms with van der Waals surface area (Å²) < 4.78 is 6.44. The molecule has 1 N–H and O–H groups in total. The van der Waals surface area contributed by atoms with E-state index >= 15 is 0 Å². The summed E-state index contributed by atoms with van der Waals surface area (Å²) in [6, 6.07) is 8.01. The highest BCUT2D eigenvalue weighted by Gasteiger charge is 2.57.